The number of rotatable bonds is 1. The molecule has 0 fully saturated rings. The lowest BCUT2D eigenvalue weighted by Gasteiger charge is -2.05. The van der Waals surface area contributed by atoms with E-state index < -0.39 is 10.0 Å². The Kier molecular flexibility index (Phi) is 3.15. The van der Waals surface area contributed by atoms with Gasteiger partial charge in [-0.15, -0.1) is 0 Å². The molecule has 0 aromatic heterocycles. The number of sulfonamides is 1. The van der Waals surface area contributed by atoms with Gasteiger partial charge in [0.2, 0.25) is 10.0 Å². The Balaban J connectivity index is 4.48. The van der Waals surface area contributed by atoms with E-state index in [0.717, 1.165) is 10.6 Å². The SMILES string of the molecule is C=C(C)C#CN(C)S(C)(=O)=O. The molecule has 0 aromatic rings. The van der Waals surface area contributed by atoms with Crippen molar-refractivity contribution in [3.05, 3.63) is 12.2 Å². The first kappa shape index (κ1) is 10.0. The van der Waals surface area contributed by atoms with Crippen LogP contribution >= 0.6 is 0 Å². The fraction of sp³-hybridized carbons (Fsp3) is 0.429. The van der Waals surface area contributed by atoms with Crippen LogP contribution in [0.1, 0.15) is 6.92 Å². The van der Waals surface area contributed by atoms with Crippen molar-refractivity contribution in [1.82, 2.24) is 4.31 Å². The van der Waals surface area contributed by atoms with E-state index in [1.54, 1.807) is 6.92 Å². The van der Waals surface area contributed by atoms with E-state index in [4.69, 9.17) is 0 Å². The van der Waals surface area contributed by atoms with Crippen LogP contribution in [0.25, 0.3) is 0 Å². The maximum Gasteiger partial charge on any atom is 0.238 e. The third kappa shape index (κ3) is 4.45. The summed E-state index contributed by atoms with van der Waals surface area (Å²) in [4.78, 5) is 0. The maximum absolute atomic E-state index is 10.7. The number of allylic oxidation sites excluding steroid dienone is 1. The predicted molar refractivity (Wildman–Crippen MR) is 45.2 cm³/mol. The molecule has 0 radical (unpaired) electrons. The highest BCUT2D eigenvalue weighted by Crippen LogP contribution is 1.90. The Labute approximate surface area is 67.8 Å². The third-order valence-corrected chi connectivity index (χ3v) is 2.01. The lowest BCUT2D eigenvalue weighted by atomic mass is 10.4. The van der Waals surface area contributed by atoms with E-state index in [-0.39, 0.29) is 0 Å². The highest BCUT2D eigenvalue weighted by atomic mass is 32.2. The molecule has 0 rings (SSSR count). The van der Waals surface area contributed by atoms with Gasteiger partial charge in [-0.1, -0.05) is 6.58 Å². The Bertz CT molecular complexity index is 305. The maximum atomic E-state index is 10.7. The zero-order chi connectivity index (χ0) is 9.07. The average Bonchev–Trinajstić information content (AvgIpc) is 1.80. The zero-order valence-corrected chi connectivity index (χ0v) is 7.70. The fourth-order valence-corrected chi connectivity index (χ4v) is 0.469. The smallest absolute Gasteiger partial charge is 0.232 e. The molecule has 0 saturated carbocycles. The van der Waals surface area contributed by atoms with Crippen molar-refractivity contribution in [3.63, 3.8) is 0 Å². The quantitative estimate of drug-likeness (QED) is 0.425. The lowest BCUT2D eigenvalue weighted by Crippen LogP contribution is -2.19. The molecule has 0 unspecified atom stereocenters. The summed E-state index contributed by atoms with van der Waals surface area (Å²) in [6.07, 6.45) is 1.10. The molecular formula is C7H11NO2S. The Morgan fingerprint density at radius 2 is 2.00 bits per heavy atom. The molecule has 4 heteroatoms. The first-order valence-electron chi connectivity index (χ1n) is 2.95. The van der Waals surface area contributed by atoms with Crippen LogP contribution in [0.5, 0.6) is 0 Å². The first-order chi connectivity index (χ1) is 4.84. The monoisotopic (exact) mass is 173 g/mol. The van der Waals surface area contributed by atoms with Gasteiger partial charge in [-0.05, 0) is 18.4 Å². The van der Waals surface area contributed by atoms with Crippen LogP contribution in [-0.4, -0.2) is 26.0 Å². The molecule has 0 spiro atoms. The van der Waals surface area contributed by atoms with Crippen molar-refractivity contribution in [3.8, 4) is 12.0 Å². The Morgan fingerprint density at radius 1 is 1.55 bits per heavy atom. The summed E-state index contributed by atoms with van der Waals surface area (Å²) in [6.45, 7) is 5.23. The summed E-state index contributed by atoms with van der Waals surface area (Å²) in [5.74, 6) is 2.55. The van der Waals surface area contributed by atoms with Crippen molar-refractivity contribution >= 4 is 10.0 Å². The van der Waals surface area contributed by atoms with Gasteiger partial charge in [0.25, 0.3) is 0 Å². The molecule has 11 heavy (non-hydrogen) atoms. The average molecular weight is 173 g/mol. The largest absolute Gasteiger partial charge is 0.238 e. The summed E-state index contributed by atoms with van der Waals surface area (Å²) in [6, 6.07) is 2.42. The van der Waals surface area contributed by atoms with E-state index in [9.17, 15) is 8.42 Å². The summed E-state index contributed by atoms with van der Waals surface area (Å²) < 4.78 is 22.4. The van der Waals surface area contributed by atoms with Crippen molar-refractivity contribution in [2.45, 2.75) is 6.92 Å². The van der Waals surface area contributed by atoms with E-state index in [1.165, 1.54) is 7.05 Å². The van der Waals surface area contributed by atoms with Gasteiger partial charge < -0.3 is 0 Å². The topological polar surface area (TPSA) is 37.4 Å². The minimum Gasteiger partial charge on any atom is -0.232 e. The van der Waals surface area contributed by atoms with E-state index >= 15 is 0 Å². The minimum absolute atomic E-state index is 0.639. The minimum atomic E-state index is -3.18. The van der Waals surface area contributed by atoms with Gasteiger partial charge >= 0.3 is 0 Å². The second-order valence-corrected chi connectivity index (χ2v) is 4.26. The van der Waals surface area contributed by atoms with Crippen LogP contribution in [0.3, 0.4) is 0 Å². The molecule has 0 aliphatic heterocycles. The standard InChI is InChI=1S/C7H11NO2S/c1-7(2)5-6-8(3)11(4,9)10/h1H2,2-4H3. The van der Waals surface area contributed by atoms with Gasteiger partial charge in [0, 0.05) is 13.1 Å². The molecule has 0 atom stereocenters. The van der Waals surface area contributed by atoms with Crippen molar-refractivity contribution in [2.24, 2.45) is 0 Å². The van der Waals surface area contributed by atoms with Gasteiger partial charge in [-0.3, -0.25) is 0 Å². The first-order valence-corrected chi connectivity index (χ1v) is 4.80. The van der Waals surface area contributed by atoms with Crippen molar-refractivity contribution < 1.29 is 8.42 Å². The van der Waals surface area contributed by atoms with Crippen molar-refractivity contribution in [1.29, 1.82) is 0 Å². The van der Waals surface area contributed by atoms with Gasteiger partial charge in [-0.25, -0.2) is 12.7 Å². The zero-order valence-electron chi connectivity index (χ0n) is 6.88. The van der Waals surface area contributed by atoms with Crippen LogP contribution in [0.2, 0.25) is 0 Å². The molecule has 0 aromatic carbocycles. The Morgan fingerprint density at radius 3 is 2.27 bits per heavy atom. The molecule has 0 amide bonds. The summed E-state index contributed by atoms with van der Waals surface area (Å²) in [5, 5.41) is 0. The van der Waals surface area contributed by atoms with Crippen LogP contribution < -0.4 is 0 Å². The summed E-state index contributed by atoms with van der Waals surface area (Å²) in [5.41, 5.74) is 0.639. The van der Waals surface area contributed by atoms with E-state index in [0.29, 0.717) is 5.57 Å². The molecule has 0 aliphatic rings. The molecule has 62 valence electrons. The summed E-state index contributed by atoms with van der Waals surface area (Å²) >= 11 is 0. The predicted octanol–water partition coefficient (Wildman–Crippen LogP) is 0.415. The third-order valence-electron chi connectivity index (χ3n) is 0.924. The van der Waals surface area contributed by atoms with E-state index in [2.05, 4.69) is 18.5 Å². The van der Waals surface area contributed by atoms with Crippen LogP contribution in [0.4, 0.5) is 0 Å². The Hall–Kier alpha value is -0.950. The van der Waals surface area contributed by atoms with Crippen molar-refractivity contribution in [2.75, 3.05) is 13.3 Å². The molecule has 0 N–H and O–H groups in total. The molecule has 0 heterocycles. The summed E-state index contributed by atoms with van der Waals surface area (Å²) in [7, 11) is -1.79. The number of hydrogen-bond acceptors (Lipinski definition) is 2. The molecule has 3 nitrogen and oxygen atoms in total. The second kappa shape index (κ2) is 3.44. The van der Waals surface area contributed by atoms with Gasteiger partial charge in [0.15, 0.2) is 0 Å². The molecule has 0 aliphatic carbocycles. The van der Waals surface area contributed by atoms with Crippen LogP contribution in [0, 0.1) is 12.0 Å². The highest BCUT2D eigenvalue weighted by molar-refractivity contribution is 7.88. The molecule has 0 saturated heterocycles. The van der Waals surface area contributed by atoms with Gasteiger partial charge in [0.05, 0.1) is 6.26 Å². The number of hydrogen-bond donors (Lipinski definition) is 0. The van der Waals surface area contributed by atoms with E-state index in [1.807, 2.05) is 0 Å². The normalized spacial score (nSPS) is 9.73. The molecular weight excluding hydrogens is 162 g/mol. The second-order valence-electron chi connectivity index (χ2n) is 2.25. The fourth-order valence-electron chi connectivity index (χ4n) is 0.257. The van der Waals surface area contributed by atoms with Crippen LogP contribution in [-0.2, 0) is 10.0 Å². The lowest BCUT2D eigenvalue weighted by molar-refractivity contribution is 0.554. The van der Waals surface area contributed by atoms with Crippen LogP contribution in [0.15, 0.2) is 12.2 Å². The number of nitrogens with zero attached hydrogens (tertiary/aromatic N) is 1. The highest BCUT2D eigenvalue weighted by Gasteiger charge is 2.04. The van der Waals surface area contributed by atoms with Gasteiger partial charge in [-0.2, -0.15) is 0 Å². The van der Waals surface area contributed by atoms with Gasteiger partial charge in [0.1, 0.15) is 0 Å². The molecule has 0 bridgehead atoms.